The van der Waals surface area contributed by atoms with E-state index in [0.717, 1.165) is 10.6 Å². The van der Waals surface area contributed by atoms with Crippen molar-refractivity contribution in [3.05, 3.63) is 70.3 Å². The minimum absolute atomic E-state index is 0.0492. The van der Waals surface area contributed by atoms with Crippen LogP contribution in [0.3, 0.4) is 0 Å². The first-order valence-corrected chi connectivity index (χ1v) is 10.1. The highest BCUT2D eigenvalue weighted by molar-refractivity contribution is 5.78. The van der Waals surface area contributed by atoms with Crippen molar-refractivity contribution in [1.29, 1.82) is 0 Å². The molecule has 32 heavy (non-hydrogen) atoms. The molecule has 0 bridgehead atoms. The van der Waals surface area contributed by atoms with E-state index < -0.39 is 23.2 Å². The highest BCUT2D eigenvalue weighted by Crippen LogP contribution is 2.35. The number of benzene rings is 2. The first kappa shape index (κ1) is 21.8. The fourth-order valence-corrected chi connectivity index (χ4v) is 3.62. The van der Waals surface area contributed by atoms with Gasteiger partial charge in [-0.05, 0) is 29.8 Å². The number of halogens is 3. The number of alkyl halides is 3. The summed E-state index contributed by atoms with van der Waals surface area (Å²) in [6.07, 6.45) is -3.32. The fourth-order valence-electron chi connectivity index (χ4n) is 3.62. The lowest BCUT2D eigenvalue weighted by Crippen LogP contribution is -2.36. The number of amides is 1. The van der Waals surface area contributed by atoms with Gasteiger partial charge in [0.15, 0.2) is 0 Å². The molecule has 0 radical (unpaired) electrons. The minimum Gasteiger partial charge on any atom is -0.378 e. The van der Waals surface area contributed by atoms with Crippen molar-refractivity contribution in [3.8, 4) is 0 Å². The van der Waals surface area contributed by atoms with Gasteiger partial charge in [-0.2, -0.15) is 13.2 Å². The molecule has 1 aliphatic rings. The van der Waals surface area contributed by atoms with Crippen LogP contribution in [0.2, 0.25) is 0 Å². The summed E-state index contributed by atoms with van der Waals surface area (Å²) >= 11 is 0. The predicted octanol–water partition coefficient (Wildman–Crippen LogP) is 2.57. The summed E-state index contributed by atoms with van der Waals surface area (Å²) in [7, 11) is 0. The predicted molar refractivity (Wildman–Crippen MR) is 112 cm³/mol. The number of ether oxygens (including phenoxy) is 1. The molecule has 2 heterocycles. The molecular formula is C22H21F3N4O3. The van der Waals surface area contributed by atoms with Crippen LogP contribution in [0.15, 0.2) is 53.6 Å². The third kappa shape index (κ3) is 4.75. The lowest BCUT2D eigenvalue weighted by molar-refractivity contribution is -0.138. The Morgan fingerprint density at radius 3 is 2.62 bits per heavy atom. The third-order valence-electron chi connectivity index (χ3n) is 5.30. The van der Waals surface area contributed by atoms with E-state index in [1.165, 1.54) is 12.4 Å². The van der Waals surface area contributed by atoms with Gasteiger partial charge in [-0.25, -0.2) is 4.98 Å². The molecule has 168 valence electrons. The molecule has 1 aromatic heterocycles. The summed E-state index contributed by atoms with van der Waals surface area (Å²) < 4.78 is 47.4. The van der Waals surface area contributed by atoms with Gasteiger partial charge in [-0.15, -0.1) is 0 Å². The van der Waals surface area contributed by atoms with Crippen LogP contribution in [0.4, 0.5) is 18.9 Å². The number of carbonyl (C=O) groups excluding carboxylic acids is 1. The van der Waals surface area contributed by atoms with Gasteiger partial charge in [0.2, 0.25) is 5.91 Å². The second-order valence-electron chi connectivity index (χ2n) is 7.41. The number of nitrogens with zero attached hydrogens (tertiary/aromatic N) is 3. The summed E-state index contributed by atoms with van der Waals surface area (Å²) in [6.45, 7) is 1.30. The number of carbonyl (C=O) groups is 1. The van der Waals surface area contributed by atoms with Gasteiger partial charge in [0.25, 0.3) is 5.56 Å². The van der Waals surface area contributed by atoms with Gasteiger partial charge in [0, 0.05) is 25.3 Å². The van der Waals surface area contributed by atoms with Crippen LogP contribution >= 0.6 is 0 Å². The zero-order chi connectivity index (χ0) is 22.7. The summed E-state index contributed by atoms with van der Waals surface area (Å²) in [4.78, 5) is 30.8. The van der Waals surface area contributed by atoms with E-state index in [-0.39, 0.29) is 18.7 Å². The molecule has 0 unspecified atom stereocenters. The Morgan fingerprint density at radius 1 is 1.12 bits per heavy atom. The van der Waals surface area contributed by atoms with Crippen LogP contribution in [-0.2, 0) is 28.8 Å². The quantitative estimate of drug-likeness (QED) is 0.652. The van der Waals surface area contributed by atoms with Crippen molar-refractivity contribution in [2.75, 3.05) is 31.2 Å². The van der Waals surface area contributed by atoms with Crippen molar-refractivity contribution in [2.24, 2.45) is 0 Å². The summed E-state index contributed by atoms with van der Waals surface area (Å²) in [6, 6.07) is 10.8. The number of aromatic nitrogens is 2. The maximum absolute atomic E-state index is 13.7. The van der Waals surface area contributed by atoms with E-state index in [1.54, 1.807) is 30.3 Å². The topological polar surface area (TPSA) is 76.5 Å². The van der Waals surface area contributed by atoms with Crippen molar-refractivity contribution in [1.82, 2.24) is 14.9 Å². The highest BCUT2D eigenvalue weighted by Gasteiger charge is 2.34. The van der Waals surface area contributed by atoms with Gasteiger partial charge in [0.05, 0.1) is 36.0 Å². The van der Waals surface area contributed by atoms with Gasteiger partial charge in [-0.3, -0.25) is 14.2 Å². The lowest BCUT2D eigenvalue weighted by Gasteiger charge is -2.29. The number of hydrogen-bond donors (Lipinski definition) is 1. The molecule has 4 rings (SSSR count). The fraction of sp³-hybridized carbons (Fsp3) is 0.318. The first-order valence-electron chi connectivity index (χ1n) is 10.1. The van der Waals surface area contributed by atoms with Crippen molar-refractivity contribution >= 4 is 22.5 Å². The lowest BCUT2D eigenvalue weighted by atomic mass is 10.0. The SMILES string of the molecule is O=C(Cn1cnc2ccccc2c1=O)NCc1ccc(N2CCOCC2)cc1C(F)(F)F. The Hall–Kier alpha value is -3.40. The first-order chi connectivity index (χ1) is 15.3. The van der Waals surface area contributed by atoms with Gasteiger partial charge in [0.1, 0.15) is 6.54 Å². The van der Waals surface area contributed by atoms with Crippen molar-refractivity contribution < 1.29 is 22.7 Å². The standard InChI is InChI=1S/C22H21F3N4O3/c23-22(24,25)18-11-16(28-7-9-32-10-8-28)6-5-15(18)12-26-20(30)13-29-14-27-19-4-2-1-3-17(19)21(29)31/h1-6,11,14H,7-10,12-13H2,(H,26,30). The minimum atomic E-state index is -4.57. The average molecular weight is 446 g/mol. The Morgan fingerprint density at radius 2 is 1.88 bits per heavy atom. The number of para-hydroxylation sites is 1. The van der Waals surface area contributed by atoms with Crippen molar-refractivity contribution in [2.45, 2.75) is 19.3 Å². The monoisotopic (exact) mass is 446 g/mol. The number of hydrogen-bond acceptors (Lipinski definition) is 5. The van der Waals surface area contributed by atoms with Crippen LogP contribution in [0, 0.1) is 0 Å². The van der Waals surface area contributed by atoms with Crippen LogP contribution in [0.25, 0.3) is 10.9 Å². The summed E-state index contributed by atoms with van der Waals surface area (Å²) in [5, 5.41) is 2.84. The molecule has 1 N–H and O–H groups in total. The van der Waals surface area contributed by atoms with Gasteiger partial charge < -0.3 is 15.0 Å². The van der Waals surface area contributed by atoms with Crippen LogP contribution in [-0.4, -0.2) is 41.8 Å². The Labute approximate surface area is 181 Å². The Kier molecular flexibility index (Phi) is 6.13. The normalized spacial score (nSPS) is 14.5. The maximum Gasteiger partial charge on any atom is 0.416 e. The summed E-state index contributed by atoms with van der Waals surface area (Å²) in [5.74, 6) is -0.588. The molecule has 7 nitrogen and oxygen atoms in total. The molecule has 0 aliphatic carbocycles. The van der Waals surface area contributed by atoms with Crippen LogP contribution in [0.5, 0.6) is 0 Å². The number of anilines is 1. The highest BCUT2D eigenvalue weighted by atomic mass is 19.4. The Balaban J connectivity index is 1.48. The van der Waals surface area contributed by atoms with E-state index in [2.05, 4.69) is 10.3 Å². The molecule has 0 saturated carbocycles. The van der Waals surface area contributed by atoms with Gasteiger partial charge in [-0.1, -0.05) is 18.2 Å². The molecule has 0 atom stereocenters. The van der Waals surface area contributed by atoms with E-state index >= 15 is 0 Å². The second kappa shape index (κ2) is 8.99. The zero-order valence-electron chi connectivity index (χ0n) is 17.1. The summed E-state index contributed by atoms with van der Waals surface area (Å²) in [5.41, 5.74) is -0.274. The van der Waals surface area contributed by atoms with E-state index in [0.29, 0.717) is 42.9 Å². The van der Waals surface area contributed by atoms with E-state index in [1.807, 2.05) is 4.90 Å². The third-order valence-corrected chi connectivity index (χ3v) is 5.30. The second-order valence-corrected chi connectivity index (χ2v) is 7.41. The Bertz CT molecular complexity index is 1190. The maximum atomic E-state index is 13.7. The molecule has 1 saturated heterocycles. The molecule has 2 aromatic carbocycles. The molecule has 10 heteroatoms. The molecule has 1 aliphatic heterocycles. The molecule has 0 spiro atoms. The molecule has 3 aromatic rings. The van der Waals surface area contributed by atoms with E-state index in [9.17, 15) is 22.8 Å². The largest absolute Gasteiger partial charge is 0.416 e. The number of nitrogens with one attached hydrogen (secondary N) is 1. The molecule has 1 amide bonds. The van der Waals surface area contributed by atoms with Crippen molar-refractivity contribution in [3.63, 3.8) is 0 Å². The van der Waals surface area contributed by atoms with Gasteiger partial charge >= 0.3 is 6.18 Å². The van der Waals surface area contributed by atoms with Crippen LogP contribution < -0.4 is 15.8 Å². The zero-order valence-corrected chi connectivity index (χ0v) is 17.1. The number of morpholine rings is 1. The molecule has 1 fully saturated rings. The van der Waals surface area contributed by atoms with Crippen LogP contribution in [0.1, 0.15) is 11.1 Å². The smallest absolute Gasteiger partial charge is 0.378 e. The average Bonchev–Trinajstić information content (AvgIpc) is 2.79. The van der Waals surface area contributed by atoms with E-state index in [4.69, 9.17) is 4.74 Å². The number of fused-ring (bicyclic) bond motifs is 1. The number of rotatable bonds is 5. The molecular weight excluding hydrogens is 425 g/mol.